The molecule has 0 amide bonds. The van der Waals surface area contributed by atoms with E-state index in [2.05, 4.69) is 5.92 Å². The summed E-state index contributed by atoms with van der Waals surface area (Å²) in [6, 6.07) is 17.0. The number of aliphatic carboxylic acids is 1. The van der Waals surface area contributed by atoms with E-state index >= 15 is 0 Å². The number of benzene rings is 2. The van der Waals surface area contributed by atoms with E-state index in [4.69, 9.17) is 22.8 Å². The monoisotopic (exact) mass is 424 g/mol. The van der Waals surface area contributed by atoms with Crippen molar-refractivity contribution in [3.63, 3.8) is 0 Å². The number of terminal acetylenes is 1. The fraction of sp³-hybridized carbons (Fsp3) is 0.346. The highest BCUT2D eigenvalue weighted by molar-refractivity contribution is 6.30. The van der Waals surface area contributed by atoms with E-state index in [-0.39, 0.29) is 17.8 Å². The molecule has 0 radical (unpaired) electrons. The van der Waals surface area contributed by atoms with Crippen molar-refractivity contribution in [1.29, 1.82) is 0 Å². The van der Waals surface area contributed by atoms with Gasteiger partial charge >= 0.3 is 5.97 Å². The van der Waals surface area contributed by atoms with E-state index in [0.29, 0.717) is 10.8 Å². The van der Waals surface area contributed by atoms with Gasteiger partial charge in [0.05, 0.1) is 11.8 Å². The average Bonchev–Trinajstić information content (AvgIpc) is 2.68. The van der Waals surface area contributed by atoms with Crippen LogP contribution in [0.4, 0.5) is 0 Å². The highest BCUT2D eigenvalue weighted by Gasteiger charge is 2.32. The van der Waals surface area contributed by atoms with Crippen LogP contribution in [-0.2, 0) is 4.79 Å². The van der Waals surface area contributed by atoms with Crippen LogP contribution >= 0.6 is 11.6 Å². The second-order valence-corrected chi connectivity index (χ2v) is 8.50. The molecule has 2 aromatic carbocycles. The Morgan fingerprint density at radius 1 is 1.03 bits per heavy atom. The van der Waals surface area contributed by atoms with Gasteiger partial charge in [-0.05, 0) is 47.6 Å². The first-order valence-corrected chi connectivity index (χ1v) is 10.5. The van der Waals surface area contributed by atoms with Crippen molar-refractivity contribution in [2.45, 2.75) is 33.6 Å². The molecular weight excluding hydrogens is 396 g/mol. The van der Waals surface area contributed by atoms with E-state index in [1.165, 1.54) is 0 Å². The lowest BCUT2D eigenvalue weighted by Gasteiger charge is -2.28. The third-order valence-electron chi connectivity index (χ3n) is 5.15. The molecule has 3 atom stereocenters. The van der Waals surface area contributed by atoms with Crippen molar-refractivity contribution >= 4 is 17.6 Å². The molecule has 0 bridgehead atoms. The Balaban J connectivity index is 2.34. The third-order valence-corrected chi connectivity index (χ3v) is 5.50. The van der Waals surface area contributed by atoms with Crippen LogP contribution < -0.4 is 4.74 Å². The lowest BCUT2D eigenvalue weighted by Crippen LogP contribution is -2.30. The minimum atomic E-state index is -0.820. The summed E-state index contributed by atoms with van der Waals surface area (Å²) in [5.74, 6) is 2.16. The van der Waals surface area contributed by atoms with Gasteiger partial charge in [-0.15, -0.1) is 6.42 Å². The van der Waals surface area contributed by atoms with Crippen molar-refractivity contribution in [2.24, 2.45) is 23.7 Å². The van der Waals surface area contributed by atoms with E-state index in [1.54, 1.807) is 0 Å². The molecule has 0 heterocycles. The average molecular weight is 425 g/mol. The topological polar surface area (TPSA) is 46.5 Å². The van der Waals surface area contributed by atoms with Gasteiger partial charge in [-0.25, -0.2) is 0 Å². The number of rotatable bonds is 9. The second-order valence-electron chi connectivity index (χ2n) is 8.07. The summed E-state index contributed by atoms with van der Waals surface area (Å²) in [6.07, 6.45) is 7.66. The molecule has 0 fully saturated rings. The number of hydrogen-bond acceptors (Lipinski definition) is 2. The normalized spacial score (nSPS) is 14.8. The van der Waals surface area contributed by atoms with Crippen LogP contribution in [-0.4, -0.2) is 11.1 Å². The van der Waals surface area contributed by atoms with Gasteiger partial charge < -0.3 is 9.84 Å². The Morgan fingerprint density at radius 3 is 2.20 bits per heavy atom. The molecule has 2 aromatic rings. The lowest BCUT2D eigenvalue weighted by molar-refractivity contribution is -0.145. The number of ether oxygens (including phenoxy) is 1. The van der Waals surface area contributed by atoms with Crippen molar-refractivity contribution < 1.29 is 14.6 Å². The van der Waals surface area contributed by atoms with Gasteiger partial charge in [-0.3, -0.25) is 4.79 Å². The standard InChI is InChI=1S/C26H29ClO3/c1-6-22(24(27)16-23(17(2)3)25(18(4)5)26(28)29)19-11-10-14-21(15-19)30-20-12-8-7-9-13-20/h1,7-18,22-23,25H,2-5H3,(H,28,29). The molecule has 1 N–H and O–H groups in total. The fourth-order valence-corrected chi connectivity index (χ4v) is 3.94. The van der Waals surface area contributed by atoms with Crippen molar-refractivity contribution in [1.82, 2.24) is 0 Å². The molecule has 2 rings (SSSR count). The molecule has 30 heavy (non-hydrogen) atoms. The number of halogens is 1. The van der Waals surface area contributed by atoms with Crippen LogP contribution in [0.25, 0.3) is 0 Å². The predicted octanol–water partition coefficient (Wildman–Crippen LogP) is 6.95. The van der Waals surface area contributed by atoms with Crippen molar-refractivity contribution in [2.75, 3.05) is 0 Å². The van der Waals surface area contributed by atoms with Crippen LogP contribution in [0.2, 0.25) is 0 Å². The molecule has 0 saturated carbocycles. The summed E-state index contributed by atoms with van der Waals surface area (Å²) in [5, 5.41) is 10.2. The van der Waals surface area contributed by atoms with E-state index in [9.17, 15) is 9.90 Å². The van der Waals surface area contributed by atoms with Crippen LogP contribution in [0.5, 0.6) is 11.5 Å². The second kappa shape index (κ2) is 10.9. The number of hydrogen-bond donors (Lipinski definition) is 1. The van der Waals surface area contributed by atoms with Gasteiger partial charge in [0.1, 0.15) is 11.5 Å². The Kier molecular flexibility index (Phi) is 8.57. The molecule has 0 spiro atoms. The van der Waals surface area contributed by atoms with Gasteiger partial charge in [-0.2, -0.15) is 0 Å². The Morgan fingerprint density at radius 2 is 1.67 bits per heavy atom. The van der Waals surface area contributed by atoms with Crippen molar-refractivity contribution in [3.05, 3.63) is 71.3 Å². The molecule has 4 heteroatoms. The maximum atomic E-state index is 11.9. The zero-order chi connectivity index (χ0) is 22.3. The molecule has 0 aliphatic carbocycles. The smallest absolute Gasteiger partial charge is 0.307 e. The summed E-state index contributed by atoms with van der Waals surface area (Å²) in [7, 11) is 0. The number of allylic oxidation sites excluding steroid dienone is 2. The number of carboxylic acid groups (broad SMARTS) is 1. The van der Waals surface area contributed by atoms with Crippen LogP contribution in [0, 0.1) is 36.0 Å². The van der Waals surface area contributed by atoms with Gasteiger partial charge in [-0.1, -0.05) is 81.6 Å². The largest absolute Gasteiger partial charge is 0.481 e. The Bertz CT molecular complexity index is 909. The first-order chi connectivity index (χ1) is 14.2. The minimum Gasteiger partial charge on any atom is -0.481 e. The summed E-state index contributed by atoms with van der Waals surface area (Å²) in [4.78, 5) is 11.9. The number of carbonyl (C=O) groups is 1. The van der Waals surface area contributed by atoms with Crippen LogP contribution in [0.3, 0.4) is 0 Å². The van der Waals surface area contributed by atoms with E-state index in [1.807, 2.05) is 88.4 Å². The molecule has 0 aliphatic heterocycles. The van der Waals surface area contributed by atoms with E-state index in [0.717, 1.165) is 11.3 Å². The highest BCUT2D eigenvalue weighted by atomic mass is 35.5. The summed E-state index contributed by atoms with van der Waals surface area (Å²) < 4.78 is 5.91. The van der Waals surface area contributed by atoms with Crippen LogP contribution in [0.1, 0.15) is 39.2 Å². The first kappa shape index (κ1) is 23.6. The zero-order valence-electron chi connectivity index (χ0n) is 17.9. The highest BCUT2D eigenvalue weighted by Crippen LogP contribution is 2.36. The van der Waals surface area contributed by atoms with Gasteiger partial charge in [0, 0.05) is 5.03 Å². The zero-order valence-corrected chi connectivity index (χ0v) is 18.6. The Hall–Kier alpha value is -2.70. The molecule has 3 nitrogen and oxygen atoms in total. The summed E-state index contributed by atoms with van der Waals surface area (Å²) >= 11 is 6.67. The first-order valence-electron chi connectivity index (χ1n) is 10.1. The number of para-hydroxylation sites is 1. The maximum absolute atomic E-state index is 11.9. The van der Waals surface area contributed by atoms with Gasteiger partial charge in [0.2, 0.25) is 0 Å². The molecular formula is C26H29ClO3. The molecule has 158 valence electrons. The quantitative estimate of drug-likeness (QED) is 0.443. The maximum Gasteiger partial charge on any atom is 0.307 e. The Labute approximate surface area is 184 Å². The number of carboxylic acids is 1. The lowest BCUT2D eigenvalue weighted by atomic mass is 9.76. The summed E-state index contributed by atoms with van der Waals surface area (Å²) in [6.45, 7) is 7.84. The minimum absolute atomic E-state index is 0.0255. The molecule has 0 aliphatic rings. The summed E-state index contributed by atoms with van der Waals surface area (Å²) in [5.41, 5.74) is 0.825. The molecule has 0 aromatic heterocycles. The fourth-order valence-electron chi connectivity index (χ4n) is 3.60. The predicted molar refractivity (Wildman–Crippen MR) is 123 cm³/mol. The van der Waals surface area contributed by atoms with Crippen molar-refractivity contribution in [3.8, 4) is 23.8 Å². The SMILES string of the molecule is C#CC(C(Cl)=CC(C(C)C)C(C(=O)O)C(C)C)c1cccc(Oc2ccccc2)c1. The molecule has 0 saturated heterocycles. The van der Waals surface area contributed by atoms with E-state index < -0.39 is 17.8 Å². The third kappa shape index (κ3) is 6.15. The van der Waals surface area contributed by atoms with Gasteiger partial charge in [0.15, 0.2) is 0 Å². The molecule has 3 unspecified atom stereocenters. The van der Waals surface area contributed by atoms with Crippen LogP contribution in [0.15, 0.2) is 65.7 Å². The van der Waals surface area contributed by atoms with Gasteiger partial charge in [0.25, 0.3) is 0 Å².